The fourth-order valence-corrected chi connectivity index (χ4v) is 7.91. The van der Waals surface area contributed by atoms with Gasteiger partial charge in [0.05, 0.1) is 0 Å². The first kappa shape index (κ1) is 24.4. The lowest BCUT2D eigenvalue weighted by molar-refractivity contribution is 0.661. The van der Waals surface area contributed by atoms with Crippen LogP contribution in [0.15, 0.2) is 146 Å². The molecule has 8 aromatic carbocycles. The molecule has 0 spiro atoms. The van der Waals surface area contributed by atoms with E-state index in [-0.39, 0.29) is 5.41 Å². The number of hydrogen-bond acceptors (Lipinski definition) is 0. The zero-order valence-electron chi connectivity index (χ0n) is 24.4. The van der Waals surface area contributed by atoms with E-state index in [2.05, 4.69) is 159 Å². The van der Waals surface area contributed by atoms with Gasteiger partial charge in [-0.05, 0) is 87.6 Å². The normalized spacial score (nSPS) is 13.5. The average Bonchev–Trinajstić information content (AvgIpc) is 3.30. The van der Waals surface area contributed by atoms with Crippen molar-refractivity contribution in [1.82, 2.24) is 0 Å². The molecule has 0 heteroatoms. The van der Waals surface area contributed by atoms with Gasteiger partial charge in [-0.2, -0.15) is 0 Å². The van der Waals surface area contributed by atoms with Gasteiger partial charge in [-0.3, -0.25) is 0 Å². The van der Waals surface area contributed by atoms with E-state index >= 15 is 0 Å². The fourth-order valence-electron chi connectivity index (χ4n) is 7.91. The number of benzene rings is 8. The van der Waals surface area contributed by atoms with Crippen LogP contribution in [-0.4, -0.2) is 0 Å². The summed E-state index contributed by atoms with van der Waals surface area (Å²) >= 11 is 0. The van der Waals surface area contributed by atoms with Gasteiger partial charge >= 0.3 is 0 Å². The zero-order valence-corrected chi connectivity index (χ0v) is 24.4. The van der Waals surface area contributed by atoms with Gasteiger partial charge in [-0.25, -0.2) is 0 Å². The SMILES string of the molecule is CC1(C)c2cccc(-c3c4ccccc4c(-c4cccc5ccccc45)c4ccccc34)c2-c2c1ccc1ccccc21. The Morgan fingerprint density at radius 3 is 1.40 bits per heavy atom. The molecule has 0 aromatic heterocycles. The minimum absolute atomic E-state index is 0.0841. The molecule has 0 saturated heterocycles. The molecule has 0 aliphatic heterocycles. The molecule has 1 aliphatic rings. The van der Waals surface area contributed by atoms with Crippen molar-refractivity contribution in [2.45, 2.75) is 19.3 Å². The zero-order chi connectivity index (χ0) is 28.7. The van der Waals surface area contributed by atoms with Crippen LogP contribution in [0.1, 0.15) is 25.0 Å². The van der Waals surface area contributed by atoms with Gasteiger partial charge in [0.2, 0.25) is 0 Å². The van der Waals surface area contributed by atoms with Gasteiger partial charge in [-0.15, -0.1) is 0 Å². The molecule has 9 rings (SSSR count). The highest BCUT2D eigenvalue weighted by molar-refractivity contribution is 6.25. The van der Waals surface area contributed by atoms with Crippen molar-refractivity contribution in [2.24, 2.45) is 0 Å². The topological polar surface area (TPSA) is 0 Å². The number of fused-ring (bicyclic) bond motifs is 8. The highest BCUT2D eigenvalue weighted by atomic mass is 14.4. The van der Waals surface area contributed by atoms with Crippen molar-refractivity contribution in [3.63, 3.8) is 0 Å². The molecule has 0 unspecified atom stereocenters. The van der Waals surface area contributed by atoms with Gasteiger partial charge < -0.3 is 0 Å². The molecule has 8 aromatic rings. The monoisotopic (exact) mass is 546 g/mol. The molecule has 0 saturated carbocycles. The molecule has 0 heterocycles. The highest BCUT2D eigenvalue weighted by Crippen LogP contribution is 2.56. The summed E-state index contributed by atoms with van der Waals surface area (Å²) in [4.78, 5) is 0. The minimum atomic E-state index is -0.0841. The van der Waals surface area contributed by atoms with Crippen molar-refractivity contribution in [3.8, 4) is 33.4 Å². The van der Waals surface area contributed by atoms with E-state index in [4.69, 9.17) is 0 Å². The first-order valence-electron chi connectivity index (χ1n) is 15.2. The van der Waals surface area contributed by atoms with Gasteiger partial charge in [0.15, 0.2) is 0 Å². The van der Waals surface area contributed by atoms with Gasteiger partial charge in [0, 0.05) is 5.41 Å². The van der Waals surface area contributed by atoms with Crippen LogP contribution < -0.4 is 0 Å². The summed E-state index contributed by atoms with van der Waals surface area (Å²) in [6.07, 6.45) is 0. The van der Waals surface area contributed by atoms with E-state index in [1.165, 1.54) is 87.6 Å². The van der Waals surface area contributed by atoms with Crippen LogP contribution in [0.5, 0.6) is 0 Å². The van der Waals surface area contributed by atoms with Crippen molar-refractivity contribution in [1.29, 1.82) is 0 Å². The summed E-state index contributed by atoms with van der Waals surface area (Å²) in [7, 11) is 0. The molecule has 202 valence electrons. The molecule has 0 atom stereocenters. The van der Waals surface area contributed by atoms with Gasteiger partial charge in [0.25, 0.3) is 0 Å². The Bertz CT molecular complexity index is 2360. The van der Waals surface area contributed by atoms with Crippen molar-refractivity contribution in [2.75, 3.05) is 0 Å². The highest BCUT2D eigenvalue weighted by Gasteiger charge is 2.38. The lowest BCUT2D eigenvalue weighted by Crippen LogP contribution is -2.14. The number of rotatable bonds is 2. The van der Waals surface area contributed by atoms with Crippen LogP contribution in [0, 0.1) is 0 Å². The summed E-state index contributed by atoms with van der Waals surface area (Å²) in [5, 5.41) is 10.4. The fraction of sp³-hybridized carbons (Fsp3) is 0.0698. The summed E-state index contributed by atoms with van der Waals surface area (Å²) in [5.41, 5.74) is 10.7. The smallest absolute Gasteiger partial charge is 0.0159 e. The Morgan fingerprint density at radius 1 is 0.302 bits per heavy atom. The van der Waals surface area contributed by atoms with Crippen LogP contribution in [0.4, 0.5) is 0 Å². The van der Waals surface area contributed by atoms with Gasteiger partial charge in [0.1, 0.15) is 0 Å². The lowest BCUT2D eigenvalue weighted by atomic mass is 9.80. The van der Waals surface area contributed by atoms with E-state index in [1.807, 2.05) is 0 Å². The summed E-state index contributed by atoms with van der Waals surface area (Å²) < 4.78 is 0. The summed E-state index contributed by atoms with van der Waals surface area (Å²) in [6.45, 7) is 4.77. The molecule has 0 amide bonds. The van der Waals surface area contributed by atoms with E-state index in [0.29, 0.717) is 0 Å². The molecular weight excluding hydrogens is 516 g/mol. The van der Waals surface area contributed by atoms with Gasteiger partial charge in [-0.1, -0.05) is 159 Å². The standard InChI is InChI=1S/C43H30/c1-43(2)37-24-12-23-36(42(37)41-30-17-6-4-14-28(30)25-26-38(41)43)40-34-20-9-7-18-32(34)39(33-19-8-10-21-35(33)40)31-22-11-15-27-13-3-5-16-29(27)31/h3-26H,1-2H3. The number of hydrogen-bond donors (Lipinski definition) is 0. The van der Waals surface area contributed by atoms with Crippen LogP contribution >= 0.6 is 0 Å². The Morgan fingerprint density at radius 2 is 0.744 bits per heavy atom. The summed E-state index contributed by atoms with van der Waals surface area (Å²) in [5.74, 6) is 0. The van der Waals surface area contributed by atoms with E-state index in [1.54, 1.807) is 0 Å². The van der Waals surface area contributed by atoms with Crippen molar-refractivity contribution < 1.29 is 0 Å². The first-order chi connectivity index (χ1) is 21.1. The van der Waals surface area contributed by atoms with E-state index < -0.39 is 0 Å². The molecular formula is C43H30. The Balaban J connectivity index is 1.46. The quantitative estimate of drug-likeness (QED) is 0.189. The molecule has 43 heavy (non-hydrogen) atoms. The molecule has 0 bridgehead atoms. The predicted molar refractivity (Wildman–Crippen MR) is 185 cm³/mol. The van der Waals surface area contributed by atoms with Crippen molar-refractivity contribution >= 4 is 43.1 Å². The van der Waals surface area contributed by atoms with Crippen LogP contribution in [0.3, 0.4) is 0 Å². The van der Waals surface area contributed by atoms with Crippen molar-refractivity contribution in [3.05, 3.63) is 157 Å². The Kier molecular flexibility index (Phi) is 5.05. The first-order valence-corrected chi connectivity index (χ1v) is 15.2. The molecule has 1 aliphatic carbocycles. The van der Waals surface area contributed by atoms with E-state index in [0.717, 1.165) is 0 Å². The second-order valence-electron chi connectivity index (χ2n) is 12.4. The minimum Gasteiger partial charge on any atom is -0.0616 e. The van der Waals surface area contributed by atoms with Crippen LogP contribution in [-0.2, 0) is 5.41 Å². The molecule has 0 nitrogen and oxygen atoms in total. The van der Waals surface area contributed by atoms with E-state index in [9.17, 15) is 0 Å². The van der Waals surface area contributed by atoms with Crippen LogP contribution in [0.25, 0.3) is 76.5 Å². The third kappa shape index (κ3) is 3.32. The lowest BCUT2D eigenvalue weighted by Gasteiger charge is -2.23. The second-order valence-corrected chi connectivity index (χ2v) is 12.4. The predicted octanol–water partition coefficient (Wildman–Crippen LogP) is 11.9. The molecule has 0 radical (unpaired) electrons. The second kappa shape index (κ2) is 8.90. The Hall–Kier alpha value is -5.20. The molecule has 0 fully saturated rings. The maximum Gasteiger partial charge on any atom is 0.0159 e. The largest absolute Gasteiger partial charge is 0.0616 e. The maximum absolute atomic E-state index is 2.38. The van der Waals surface area contributed by atoms with Crippen LogP contribution in [0.2, 0.25) is 0 Å². The third-order valence-corrected chi connectivity index (χ3v) is 9.85. The summed E-state index contributed by atoms with van der Waals surface area (Å²) in [6, 6.07) is 54.1. The third-order valence-electron chi connectivity index (χ3n) is 9.85. The molecule has 0 N–H and O–H groups in total. The average molecular weight is 547 g/mol. The Labute approximate surface area is 251 Å². The maximum atomic E-state index is 2.38.